The van der Waals surface area contributed by atoms with E-state index in [9.17, 15) is 18.4 Å². The first-order valence-corrected chi connectivity index (χ1v) is 8.96. The Kier molecular flexibility index (Phi) is 4.59. The molecule has 1 saturated heterocycles. The lowest BCUT2D eigenvalue weighted by molar-refractivity contribution is 0.0597. The number of hydrogen-bond donors (Lipinski definition) is 0. The van der Waals surface area contributed by atoms with Crippen LogP contribution in [0, 0.1) is 11.8 Å². The summed E-state index contributed by atoms with van der Waals surface area (Å²) in [6, 6.07) is 8.26. The van der Waals surface area contributed by atoms with Gasteiger partial charge in [0.25, 0.3) is 0 Å². The molecule has 0 bridgehead atoms. The van der Waals surface area contributed by atoms with Crippen LogP contribution in [0.2, 0.25) is 0 Å². The summed E-state index contributed by atoms with van der Waals surface area (Å²) in [6.07, 6.45) is 4.32. The maximum Gasteiger partial charge on any atom is 0.340 e. The molecule has 0 radical (unpaired) electrons. The van der Waals surface area contributed by atoms with E-state index in [1.54, 1.807) is 23.2 Å². The van der Waals surface area contributed by atoms with Gasteiger partial charge in [-0.1, -0.05) is 30.3 Å². The van der Waals surface area contributed by atoms with E-state index < -0.39 is 23.6 Å². The number of halogens is 2. The fourth-order valence-corrected chi connectivity index (χ4v) is 3.75. The van der Waals surface area contributed by atoms with Crippen LogP contribution in [0.1, 0.15) is 23.2 Å². The summed E-state index contributed by atoms with van der Waals surface area (Å²) in [4.78, 5) is 26.7. The van der Waals surface area contributed by atoms with E-state index in [-0.39, 0.29) is 24.2 Å². The second kappa shape index (κ2) is 7.06. The van der Waals surface area contributed by atoms with Crippen molar-refractivity contribution < 1.29 is 18.4 Å². The number of hydrogen-bond acceptors (Lipinski definition) is 3. The number of amides is 2. The van der Waals surface area contributed by atoms with E-state index in [1.165, 1.54) is 11.1 Å². The van der Waals surface area contributed by atoms with Crippen LogP contribution in [0.4, 0.5) is 13.6 Å². The number of benzene rings is 1. The number of Topliss-reactive ketones (excluding diaryl/α,β-unsaturated/α-hetero) is 1. The standard InChI is InChI=1S/C20H19F2N3O2/c21-16-8-14(9-17(22)10-16)18-6-7-23-25(18)20(27)24-11-15(12-24)19(26)13-4-2-1-3-5-13/h1-5,7-8,10,14-15,18H,6,9,11-12H2/t14?,18-/m0/s1. The lowest BCUT2D eigenvalue weighted by Crippen LogP contribution is -2.57. The molecule has 2 atom stereocenters. The summed E-state index contributed by atoms with van der Waals surface area (Å²) in [7, 11) is 0. The van der Waals surface area contributed by atoms with E-state index in [0.29, 0.717) is 25.1 Å². The first kappa shape index (κ1) is 17.6. The average molecular weight is 371 g/mol. The summed E-state index contributed by atoms with van der Waals surface area (Å²) in [5.41, 5.74) is 0.636. The minimum atomic E-state index is -0.625. The third kappa shape index (κ3) is 3.41. The Bertz CT molecular complexity index is 844. The van der Waals surface area contributed by atoms with Crippen LogP contribution in [0.15, 0.2) is 59.2 Å². The SMILES string of the molecule is O=C(c1ccccc1)C1CN(C(=O)N2N=CC[C@H]2C2C=C(F)C=C(F)C2)C1. The van der Waals surface area contributed by atoms with Gasteiger partial charge in [-0.2, -0.15) is 5.10 Å². The van der Waals surface area contributed by atoms with Crippen LogP contribution in [-0.4, -0.2) is 47.1 Å². The summed E-state index contributed by atoms with van der Waals surface area (Å²) in [5, 5.41) is 5.41. The molecule has 0 spiro atoms. The zero-order chi connectivity index (χ0) is 19.0. The van der Waals surface area contributed by atoms with Crippen LogP contribution in [0.25, 0.3) is 0 Å². The summed E-state index contributed by atoms with van der Waals surface area (Å²) in [6.45, 7) is 0.656. The van der Waals surface area contributed by atoms with Crippen LogP contribution < -0.4 is 0 Å². The van der Waals surface area contributed by atoms with Crippen molar-refractivity contribution in [2.75, 3.05) is 13.1 Å². The third-order valence-electron chi connectivity index (χ3n) is 5.24. The normalized spacial score (nSPS) is 25.1. The summed E-state index contributed by atoms with van der Waals surface area (Å²) in [5.74, 6) is -1.82. The Hall–Kier alpha value is -2.83. The van der Waals surface area contributed by atoms with Gasteiger partial charge in [-0.25, -0.2) is 18.6 Å². The number of nitrogens with zero attached hydrogens (tertiary/aromatic N) is 3. The van der Waals surface area contributed by atoms with E-state index in [1.807, 2.05) is 18.2 Å². The fraction of sp³-hybridized carbons (Fsp3) is 0.350. The van der Waals surface area contributed by atoms with Gasteiger partial charge in [-0.05, 0) is 6.08 Å². The number of ketones is 1. The van der Waals surface area contributed by atoms with Crippen molar-refractivity contribution in [1.82, 2.24) is 9.91 Å². The molecule has 3 aliphatic rings. The Morgan fingerprint density at radius 1 is 1.11 bits per heavy atom. The number of urea groups is 1. The first-order valence-electron chi connectivity index (χ1n) is 8.96. The van der Waals surface area contributed by atoms with Crippen LogP contribution in [0.3, 0.4) is 0 Å². The molecule has 1 fully saturated rings. The molecule has 0 N–H and O–H groups in total. The molecule has 2 aliphatic heterocycles. The molecule has 5 nitrogen and oxygen atoms in total. The minimum Gasteiger partial charge on any atom is -0.322 e. The van der Waals surface area contributed by atoms with Crippen molar-refractivity contribution in [3.05, 3.63) is 59.7 Å². The van der Waals surface area contributed by atoms with Crippen molar-refractivity contribution >= 4 is 18.0 Å². The molecule has 4 rings (SSSR count). The van der Waals surface area contributed by atoms with Gasteiger partial charge in [0, 0.05) is 49.7 Å². The van der Waals surface area contributed by atoms with E-state index in [0.717, 1.165) is 6.08 Å². The lowest BCUT2D eigenvalue weighted by atomic mass is 9.89. The molecule has 0 saturated carbocycles. The monoisotopic (exact) mass is 371 g/mol. The molecule has 2 heterocycles. The quantitative estimate of drug-likeness (QED) is 0.761. The first-order chi connectivity index (χ1) is 13.0. The van der Waals surface area contributed by atoms with E-state index >= 15 is 0 Å². The molecule has 7 heteroatoms. The fourth-order valence-electron chi connectivity index (χ4n) is 3.75. The van der Waals surface area contributed by atoms with Crippen molar-refractivity contribution in [1.29, 1.82) is 0 Å². The van der Waals surface area contributed by atoms with E-state index in [2.05, 4.69) is 5.10 Å². The summed E-state index contributed by atoms with van der Waals surface area (Å²) >= 11 is 0. The maximum absolute atomic E-state index is 13.6. The topological polar surface area (TPSA) is 53.0 Å². The van der Waals surface area contributed by atoms with Crippen molar-refractivity contribution in [3.63, 3.8) is 0 Å². The number of likely N-dealkylation sites (tertiary alicyclic amines) is 1. The highest BCUT2D eigenvalue weighted by molar-refractivity contribution is 5.99. The highest BCUT2D eigenvalue weighted by Crippen LogP contribution is 2.33. The summed E-state index contributed by atoms with van der Waals surface area (Å²) < 4.78 is 27.1. The van der Waals surface area contributed by atoms with Crippen molar-refractivity contribution in [2.45, 2.75) is 18.9 Å². The van der Waals surface area contributed by atoms with E-state index in [4.69, 9.17) is 0 Å². The Balaban J connectivity index is 1.38. The molecule has 1 aromatic rings. The van der Waals surface area contributed by atoms with Gasteiger partial charge in [-0.3, -0.25) is 4.79 Å². The number of allylic oxidation sites excluding steroid dienone is 3. The second-order valence-electron chi connectivity index (χ2n) is 7.07. The predicted molar refractivity (Wildman–Crippen MR) is 96.5 cm³/mol. The van der Waals surface area contributed by atoms with Crippen molar-refractivity contribution in [2.24, 2.45) is 16.9 Å². The van der Waals surface area contributed by atoms with Crippen LogP contribution >= 0.6 is 0 Å². The zero-order valence-corrected chi connectivity index (χ0v) is 14.6. The van der Waals surface area contributed by atoms with Crippen molar-refractivity contribution in [3.8, 4) is 0 Å². The largest absolute Gasteiger partial charge is 0.340 e. The average Bonchev–Trinajstić information content (AvgIpc) is 3.10. The molecular weight excluding hydrogens is 352 g/mol. The third-order valence-corrected chi connectivity index (χ3v) is 5.24. The number of rotatable bonds is 3. The van der Waals surface area contributed by atoms with Crippen LogP contribution in [-0.2, 0) is 0 Å². The number of carbonyl (C=O) groups is 2. The molecule has 0 aromatic heterocycles. The molecular formula is C20H19F2N3O2. The van der Waals surface area contributed by atoms with Gasteiger partial charge in [-0.15, -0.1) is 0 Å². The molecule has 140 valence electrons. The molecule has 1 aromatic carbocycles. The van der Waals surface area contributed by atoms with Gasteiger partial charge < -0.3 is 4.90 Å². The van der Waals surface area contributed by atoms with Crippen LogP contribution in [0.5, 0.6) is 0 Å². The van der Waals surface area contributed by atoms with Gasteiger partial charge in [0.2, 0.25) is 0 Å². The number of hydrazone groups is 1. The smallest absolute Gasteiger partial charge is 0.322 e. The zero-order valence-electron chi connectivity index (χ0n) is 14.6. The molecule has 2 amide bonds. The Morgan fingerprint density at radius 2 is 1.85 bits per heavy atom. The van der Waals surface area contributed by atoms with Gasteiger partial charge >= 0.3 is 6.03 Å². The number of carbonyl (C=O) groups excluding carboxylic acids is 2. The maximum atomic E-state index is 13.6. The molecule has 27 heavy (non-hydrogen) atoms. The highest BCUT2D eigenvalue weighted by atomic mass is 19.1. The predicted octanol–water partition coefficient (Wildman–Crippen LogP) is 3.71. The second-order valence-corrected chi connectivity index (χ2v) is 7.07. The van der Waals surface area contributed by atoms with Gasteiger partial charge in [0.05, 0.1) is 12.0 Å². The molecule has 1 aliphatic carbocycles. The van der Waals surface area contributed by atoms with Gasteiger partial charge in [0.1, 0.15) is 11.7 Å². The highest BCUT2D eigenvalue weighted by Gasteiger charge is 2.42. The Morgan fingerprint density at radius 3 is 2.56 bits per heavy atom. The lowest BCUT2D eigenvalue weighted by Gasteiger charge is -2.41. The minimum absolute atomic E-state index is 0.0191. The van der Waals surface area contributed by atoms with Gasteiger partial charge in [0.15, 0.2) is 5.78 Å². The molecule has 1 unspecified atom stereocenters. The Labute approximate surface area is 155 Å².